The molecule has 0 aliphatic carbocycles. The molecule has 2 amide bonds. The van der Waals surface area contributed by atoms with Gasteiger partial charge in [0.2, 0.25) is 0 Å². The molecule has 6 heteroatoms. The first-order valence-electron chi connectivity index (χ1n) is 7.27. The van der Waals surface area contributed by atoms with Crippen molar-refractivity contribution in [3.8, 4) is 0 Å². The molecule has 0 bridgehead atoms. The van der Waals surface area contributed by atoms with E-state index in [9.17, 15) is 9.59 Å². The summed E-state index contributed by atoms with van der Waals surface area (Å²) in [6.07, 6.45) is 1.91. The highest BCUT2D eigenvalue weighted by atomic mass is 16.6. The molecule has 0 aliphatic rings. The minimum Gasteiger partial charge on any atom is -0.386 e. The minimum absolute atomic E-state index is 0.202. The number of carbonyl (C=O) groups is 2. The number of hydrogen-bond acceptors (Lipinski definition) is 4. The number of oxime groups is 1. The van der Waals surface area contributed by atoms with Gasteiger partial charge in [-0.05, 0) is 31.4 Å². The van der Waals surface area contributed by atoms with Crippen molar-refractivity contribution in [3.63, 3.8) is 0 Å². The molecule has 0 unspecified atom stereocenters. The molecule has 0 saturated heterocycles. The zero-order valence-corrected chi connectivity index (χ0v) is 13.3. The Balaban J connectivity index is 2.20. The van der Waals surface area contributed by atoms with Crippen LogP contribution in [0.4, 0.5) is 5.69 Å². The SMILES string of the molecule is Cc1ccc(NC(=O)C=NOCC(=O)NCCC(C)C)cc1. The Morgan fingerprint density at radius 2 is 1.95 bits per heavy atom. The Bertz CT molecular complexity index is 510. The van der Waals surface area contributed by atoms with Crippen molar-refractivity contribution >= 4 is 23.7 Å². The third kappa shape index (κ3) is 8.04. The Hall–Kier alpha value is -2.37. The quantitative estimate of drug-likeness (QED) is 0.570. The average molecular weight is 305 g/mol. The van der Waals surface area contributed by atoms with Crippen molar-refractivity contribution in [2.45, 2.75) is 27.2 Å². The number of nitrogens with zero attached hydrogens (tertiary/aromatic N) is 1. The summed E-state index contributed by atoms with van der Waals surface area (Å²) >= 11 is 0. The van der Waals surface area contributed by atoms with Crippen LogP contribution in [0.1, 0.15) is 25.8 Å². The van der Waals surface area contributed by atoms with E-state index in [1.165, 1.54) is 0 Å². The van der Waals surface area contributed by atoms with Gasteiger partial charge in [0.1, 0.15) is 6.21 Å². The molecule has 0 saturated carbocycles. The number of benzene rings is 1. The highest BCUT2D eigenvalue weighted by Crippen LogP contribution is 2.07. The molecule has 22 heavy (non-hydrogen) atoms. The van der Waals surface area contributed by atoms with Crippen molar-refractivity contribution in [1.29, 1.82) is 0 Å². The molecule has 2 N–H and O–H groups in total. The number of aryl methyl sites for hydroxylation is 1. The maximum Gasteiger partial charge on any atom is 0.270 e. The predicted octanol–water partition coefficient (Wildman–Crippen LogP) is 2.10. The van der Waals surface area contributed by atoms with E-state index in [0.717, 1.165) is 18.2 Å². The lowest BCUT2D eigenvalue weighted by Gasteiger charge is -2.06. The summed E-state index contributed by atoms with van der Waals surface area (Å²) in [6.45, 7) is 6.54. The summed E-state index contributed by atoms with van der Waals surface area (Å²) in [5.41, 5.74) is 1.78. The third-order valence-electron chi connectivity index (χ3n) is 2.80. The molecule has 120 valence electrons. The lowest BCUT2D eigenvalue weighted by molar-refractivity contribution is -0.125. The van der Waals surface area contributed by atoms with Crippen LogP contribution in [0.5, 0.6) is 0 Å². The van der Waals surface area contributed by atoms with Crippen molar-refractivity contribution in [2.75, 3.05) is 18.5 Å². The van der Waals surface area contributed by atoms with Gasteiger partial charge in [0.15, 0.2) is 6.61 Å². The molecule has 0 fully saturated rings. The number of amides is 2. The lowest BCUT2D eigenvalue weighted by atomic mass is 10.1. The highest BCUT2D eigenvalue weighted by molar-refractivity contribution is 6.31. The lowest BCUT2D eigenvalue weighted by Crippen LogP contribution is -2.28. The normalized spacial score (nSPS) is 10.7. The van der Waals surface area contributed by atoms with Gasteiger partial charge in [0, 0.05) is 12.2 Å². The monoisotopic (exact) mass is 305 g/mol. The van der Waals surface area contributed by atoms with E-state index in [-0.39, 0.29) is 12.5 Å². The first-order chi connectivity index (χ1) is 10.5. The van der Waals surface area contributed by atoms with Gasteiger partial charge in [-0.15, -0.1) is 0 Å². The topological polar surface area (TPSA) is 79.8 Å². The number of carbonyl (C=O) groups excluding carboxylic acids is 2. The van der Waals surface area contributed by atoms with Gasteiger partial charge in [-0.25, -0.2) is 0 Å². The second-order valence-electron chi connectivity index (χ2n) is 5.40. The van der Waals surface area contributed by atoms with Gasteiger partial charge >= 0.3 is 0 Å². The molecule has 0 aromatic heterocycles. The van der Waals surface area contributed by atoms with Crippen LogP contribution in [-0.4, -0.2) is 31.2 Å². The molecule has 0 heterocycles. The molecule has 1 rings (SSSR count). The Morgan fingerprint density at radius 3 is 2.59 bits per heavy atom. The second kappa shape index (κ2) is 9.55. The molecular weight excluding hydrogens is 282 g/mol. The summed E-state index contributed by atoms with van der Waals surface area (Å²) in [5, 5.41) is 8.81. The zero-order valence-electron chi connectivity index (χ0n) is 13.3. The van der Waals surface area contributed by atoms with Gasteiger partial charge in [-0.1, -0.05) is 36.7 Å². The summed E-state index contributed by atoms with van der Waals surface area (Å²) in [4.78, 5) is 27.7. The van der Waals surface area contributed by atoms with Crippen LogP contribution in [0.15, 0.2) is 29.4 Å². The van der Waals surface area contributed by atoms with Gasteiger partial charge in [0.25, 0.3) is 11.8 Å². The Morgan fingerprint density at radius 1 is 1.27 bits per heavy atom. The van der Waals surface area contributed by atoms with Crippen molar-refractivity contribution in [3.05, 3.63) is 29.8 Å². The maximum absolute atomic E-state index is 11.5. The van der Waals surface area contributed by atoms with Crippen LogP contribution in [0.25, 0.3) is 0 Å². The standard InChI is InChI=1S/C16H23N3O3/c1-12(2)8-9-17-16(21)11-22-18-10-15(20)19-14-6-4-13(3)5-7-14/h4-7,10,12H,8-9,11H2,1-3H3,(H,17,21)(H,19,20). The van der Waals surface area contributed by atoms with Gasteiger partial charge in [0.05, 0.1) is 0 Å². The van der Waals surface area contributed by atoms with Crippen molar-refractivity contribution in [1.82, 2.24) is 5.32 Å². The fourth-order valence-electron chi connectivity index (χ4n) is 1.54. The van der Waals surface area contributed by atoms with E-state index in [1.807, 2.05) is 19.1 Å². The van der Waals surface area contributed by atoms with Crippen LogP contribution < -0.4 is 10.6 Å². The van der Waals surface area contributed by atoms with E-state index in [1.54, 1.807) is 12.1 Å². The summed E-state index contributed by atoms with van der Waals surface area (Å²) in [6, 6.07) is 7.38. The number of anilines is 1. The molecule has 6 nitrogen and oxygen atoms in total. The Labute approximate surface area is 130 Å². The van der Waals surface area contributed by atoms with E-state index >= 15 is 0 Å². The molecule has 0 aliphatic heterocycles. The first kappa shape index (κ1) is 17.7. The third-order valence-corrected chi connectivity index (χ3v) is 2.80. The van der Waals surface area contributed by atoms with Crippen molar-refractivity contribution in [2.24, 2.45) is 11.1 Å². The number of rotatable bonds is 8. The van der Waals surface area contributed by atoms with E-state index < -0.39 is 5.91 Å². The molecule has 1 aromatic carbocycles. The number of nitrogens with one attached hydrogen (secondary N) is 2. The molecular formula is C16H23N3O3. The predicted molar refractivity (Wildman–Crippen MR) is 86.7 cm³/mol. The fourth-order valence-corrected chi connectivity index (χ4v) is 1.54. The van der Waals surface area contributed by atoms with Crippen molar-refractivity contribution < 1.29 is 14.4 Å². The maximum atomic E-state index is 11.5. The molecule has 0 atom stereocenters. The van der Waals surface area contributed by atoms with Crippen LogP contribution in [0.2, 0.25) is 0 Å². The molecule has 0 radical (unpaired) electrons. The second-order valence-corrected chi connectivity index (χ2v) is 5.40. The van der Waals surface area contributed by atoms with Gasteiger partial charge < -0.3 is 15.5 Å². The van der Waals surface area contributed by atoms with Crippen LogP contribution in [0.3, 0.4) is 0 Å². The highest BCUT2D eigenvalue weighted by Gasteiger charge is 2.02. The van der Waals surface area contributed by atoms with Crippen LogP contribution >= 0.6 is 0 Å². The fraction of sp³-hybridized carbons (Fsp3) is 0.438. The van der Waals surface area contributed by atoms with Crippen LogP contribution in [-0.2, 0) is 14.4 Å². The van der Waals surface area contributed by atoms with E-state index in [2.05, 4.69) is 29.6 Å². The largest absolute Gasteiger partial charge is 0.386 e. The summed E-state index contributed by atoms with van der Waals surface area (Å²) in [7, 11) is 0. The van der Waals surface area contributed by atoms with Crippen LogP contribution in [0, 0.1) is 12.8 Å². The minimum atomic E-state index is -0.413. The Kier molecular flexibility index (Phi) is 7.67. The average Bonchev–Trinajstić information content (AvgIpc) is 2.46. The van der Waals surface area contributed by atoms with Gasteiger partial charge in [-0.3, -0.25) is 9.59 Å². The molecule has 1 aromatic rings. The number of hydrogen-bond donors (Lipinski definition) is 2. The summed E-state index contributed by atoms with van der Waals surface area (Å²) in [5.74, 6) is -0.134. The smallest absolute Gasteiger partial charge is 0.270 e. The van der Waals surface area contributed by atoms with E-state index in [0.29, 0.717) is 18.2 Å². The van der Waals surface area contributed by atoms with Gasteiger partial charge in [-0.2, -0.15) is 0 Å². The zero-order chi connectivity index (χ0) is 16.4. The summed E-state index contributed by atoms with van der Waals surface area (Å²) < 4.78 is 0. The molecule has 0 spiro atoms. The first-order valence-corrected chi connectivity index (χ1v) is 7.27. The van der Waals surface area contributed by atoms with E-state index in [4.69, 9.17) is 4.84 Å².